The number of amides is 1. The number of rotatable bonds is 5. The van der Waals surface area contributed by atoms with Gasteiger partial charge < -0.3 is 9.32 Å². The van der Waals surface area contributed by atoms with Gasteiger partial charge >= 0.3 is 0 Å². The number of oxazole rings is 1. The van der Waals surface area contributed by atoms with Crippen LogP contribution in [-0.2, 0) is 11.2 Å². The van der Waals surface area contributed by atoms with Crippen molar-refractivity contribution in [3.8, 4) is 0 Å². The highest BCUT2D eigenvalue weighted by Gasteiger charge is 2.30. The van der Waals surface area contributed by atoms with Crippen LogP contribution >= 0.6 is 0 Å². The summed E-state index contributed by atoms with van der Waals surface area (Å²) in [6.45, 7) is 5.63. The lowest BCUT2D eigenvalue weighted by atomic mass is 10.1. The van der Waals surface area contributed by atoms with Crippen LogP contribution in [0.4, 0.5) is 5.69 Å². The third-order valence-corrected chi connectivity index (χ3v) is 4.63. The minimum atomic E-state index is 0.210. The average Bonchev–Trinajstić information content (AvgIpc) is 3.19. The second-order valence-corrected chi connectivity index (χ2v) is 6.34. The minimum Gasteiger partial charge on any atom is -0.446 e. The first kappa shape index (κ1) is 14.4. The van der Waals surface area contributed by atoms with Gasteiger partial charge in [0, 0.05) is 52.1 Å². The van der Waals surface area contributed by atoms with Crippen LogP contribution in [0.5, 0.6) is 0 Å². The lowest BCUT2D eigenvalue weighted by Gasteiger charge is -2.39. The topological polar surface area (TPSA) is 67.4 Å². The predicted octanol–water partition coefficient (Wildman–Crippen LogP) is 1.41. The molecule has 23 heavy (non-hydrogen) atoms. The average molecular weight is 315 g/mol. The lowest BCUT2D eigenvalue weighted by molar-refractivity contribution is -0.117. The van der Waals surface area contributed by atoms with Gasteiger partial charge in [0.1, 0.15) is 5.76 Å². The van der Waals surface area contributed by atoms with Crippen molar-refractivity contribution in [1.29, 1.82) is 0 Å². The van der Waals surface area contributed by atoms with Crippen LogP contribution in [0, 0.1) is 6.92 Å². The summed E-state index contributed by atoms with van der Waals surface area (Å²) >= 11 is 0. The molecule has 0 unspecified atom stereocenters. The molecular weight excluding hydrogens is 294 g/mol. The first-order valence-electron chi connectivity index (χ1n) is 8.17. The molecule has 4 rings (SSSR count). The zero-order chi connectivity index (χ0) is 15.8. The Hall–Kier alpha value is -2.15. The molecule has 4 heterocycles. The Labute approximate surface area is 134 Å². The SMILES string of the molecule is Cc1ncc(CCN2CC(n3cc(N4CCCC4=O)cn3)C2)o1. The van der Waals surface area contributed by atoms with Gasteiger partial charge in [0.2, 0.25) is 5.91 Å². The summed E-state index contributed by atoms with van der Waals surface area (Å²) in [5.41, 5.74) is 0.933. The molecule has 2 aromatic heterocycles. The minimum absolute atomic E-state index is 0.210. The molecule has 1 amide bonds. The predicted molar refractivity (Wildman–Crippen MR) is 84.2 cm³/mol. The molecule has 0 bridgehead atoms. The first-order chi connectivity index (χ1) is 11.2. The van der Waals surface area contributed by atoms with E-state index >= 15 is 0 Å². The highest BCUT2D eigenvalue weighted by molar-refractivity contribution is 5.95. The molecule has 0 saturated carbocycles. The maximum atomic E-state index is 11.8. The standard InChI is InChI=1S/C16H21N5O2/c1-12-17-8-15(23-12)4-6-19-9-14(10-19)21-11-13(7-18-21)20-5-2-3-16(20)22/h7-8,11,14H,2-6,9-10H2,1H3. The van der Waals surface area contributed by atoms with Gasteiger partial charge in [0.05, 0.1) is 24.1 Å². The third kappa shape index (κ3) is 2.88. The van der Waals surface area contributed by atoms with Crippen LogP contribution < -0.4 is 4.90 Å². The van der Waals surface area contributed by atoms with Gasteiger partial charge in [-0.15, -0.1) is 0 Å². The number of likely N-dealkylation sites (tertiary alicyclic amines) is 1. The quantitative estimate of drug-likeness (QED) is 0.834. The molecule has 2 aliphatic rings. The number of hydrogen-bond donors (Lipinski definition) is 0. The van der Waals surface area contributed by atoms with Crippen LogP contribution in [0.1, 0.15) is 30.5 Å². The van der Waals surface area contributed by atoms with Gasteiger partial charge in [-0.1, -0.05) is 0 Å². The van der Waals surface area contributed by atoms with Crippen molar-refractivity contribution in [2.45, 2.75) is 32.2 Å². The summed E-state index contributed by atoms with van der Waals surface area (Å²) in [6.07, 6.45) is 8.11. The molecule has 0 N–H and O–H groups in total. The van der Waals surface area contributed by atoms with E-state index < -0.39 is 0 Å². The number of aromatic nitrogens is 3. The molecule has 0 spiro atoms. The van der Waals surface area contributed by atoms with E-state index in [4.69, 9.17) is 4.42 Å². The van der Waals surface area contributed by atoms with Crippen LogP contribution in [0.3, 0.4) is 0 Å². The van der Waals surface area contributed by atoms with E-state index in [0.29, 0.717) is 12.5 Å². The highest BCUT2D eigenvalue weighted by Crippen LogP contribution is 2.25. The summed E-state index contributed by atoms with van der Waals surface area (Å²) in [7, 11) is 0. The fourth-order valence-corrected chi connectivity index (χ4v) is 3.27. The Balaban J connectivity index is 1.28. The van der Waals surface area contributed by atoms with Gasteiger partial charge in [-0.05, 0) is 6.42 Å². The molecule has 0 radical (unpaired) electrons. The van der Waals surface area contributed by atoms with E-state index in [-0.39, 0.29) is 5.91 Å². The van der Waals surface area contributed by atoms with Crippen molar-refractivity contribution in [2.75, 3.05) is 31.1 Å². The van der Waals surface area contributed by atoms with E-state index in [1.807, 2.05) is 28.9 Å². The summed E-state index contributed by atoms with van der Waals surface area (Å²) in [5, 5.41) is 4.44. The lowest BCUT2D eigenvalue weighted by Crippen LogP contribution is -2.48. The second kappa shape index (κ2) is 5.81. The van der Waals surface area contributed by atoms with Crippen molar-refractivity contribution in [1.82, 2.24) is 19.7 Å². The molecule has 0 atom stereocenters. The Morgan fingerprint density at radius 3 is 2.91 bits per heavy atom. The molecule has 7 heteroatoms. The largest absolute Gasteiger partial charge is 0.446 e. The van der Waals surface area contributed by atoms with Crippen LogP contribution in [0.25, 0.3) is 0 Å². The number of nitrogens with zero attached hydrogens (tertiary/aromatic N) is 5. The van der Waals surface area contributed by atoms with Gasteiger partial charge in [0.25, 0.3) is 0 Å². The molecule has 2 fully saturated rings. The first-order valence-corrected chi connectivity index (χ1v) is 8.17. The molecule has 2 aliphatic heterocycles. The number of aryl methyl sites for hydroxylation is 1. The van der Waals surface area contributed by atoms with Crippen LogP contribution in [0.15, 0.2) is 23.0 Å². The van der Waals surface area contributed by atoms with Crippen molar-refractivity contribution in [3.05, 3.63) is 30.2 Å². The van der Waals surface area contributed by atoms with Gasteiger partial charge in [0.15, 0.2) is 5.89 Å². The fourth-order valence-electron chi connectivity index (χ4n) is 3.27. The van der Waals surface area contributed by atoms with Crippen molar-refractivity contribution in [2.24, 2.45) is 0 Å². The summed E-state index contributed by atoms with van der Waals surface area (Å²) < 4.78 is 7.49. The fraction of sp³-hybridized carbons (Fsp3) is 0.562. The van der Waals surface area contributed by atoms with E-state index in [1.54, 1.807) is 6.20 Å². The molecule has 0 aliphatic carbocycles. The number of anilines is 1. The molecule has 2 saturated heterocycles. The Kier molecular flexibility index (Phi) is 3.65. The number of carbonyl (C=O) groups is 1. The van der Waals surface area contributed by atoms with Gasteiger partial charge in [-0.2, -0.15) is 5.10 Å². The zero-order valence-electron chi connectivity index (χ0n) is 13.3. The van der Waals surface area contributed by atoms with Crippen molar-refractivity contribution in [3.63, 3.8) is 0 Å². The normalized spacial score (nSPS) is 19.5. The van der Waals surface area contributed by atoms with E-state index in [0.717, 1.165) is 56.4 Å². The monoisotopic (exact) mass is 315 g/mol. The maximum Gasteiger partial charge on any atom is 0.227 e. The number of hydrogen-bond acceptors (Lipinski definition) is 5. The third-order valence-electron chi connectivity index (χ3n) is 4.63. The number of carbonyl (C=O) groups excluding carboxylic acids is 1. The Morgan fingerprint density at radius 1 is 1.35 bits per heavy atom. The summed E-state index contributed by atoms with van der Waals surface area (Å²) in [4.78, 5) is 20.1. The molecular formula is C16H21N5O2. The van der Waals surface area contributed by atoms with Crippen molar-refractivity contribution >= 4 is 11.6 Å². The smallest absolute Gasteiger partial charge is 0.227 e. The van der Waals surface area contributed by atoms with Gasteiger partial charge in [-0.25, -0.2) is 4.98 Å². The zero-order valence-corrected chi connectivity index (χ0v) is 13.3. The van der Waals surface area contributed by atoms with Crippen LogP contribution in [0.2, 0.25) is 0 Å². The molecule has 2 aromatic rings. The molecule has 122 valence electrons. The summed E-state index contributed by atoms with van der Waals surface area (Å²) in [6, 6.07) is 0.401. The maximum absolute atomic E-state index is 11.8. The molecule has 0 aromatic carbocycles. The van der Waals surface area contributed by atoms with E-state index in [2.05, 4.69) is 15.0 Å². The van der Waals surface area contributed by atoms with Gasteiger partial charge in [-0.3, -0.25) is 14.4 Å². The Bertz CT molecular complexity index is 701. The summed E-state index contributed by atoms with van der Waals surface area (Å²) in [5.74, 6) is 1.88. The molecule has 7 nitrogen and oxygen atoms in total. The van der Waals surface area contributed by atoms with E-state index in [1.165, 1.54) is 0 Å². The van der Waals surface area contributed by atoms with Crippen molar-refractivity contribution < 1.29 is 9.21 Å². The Morgan fingerprint density at radius 2 is 2.22 bits per heavy atom. The highest BCUT2D eigenvalue weighted by atomic mass is 16.4. The second-order valence-electron chi connectivity index (χ2n) is 6.34. The van der Waals surface area contributed by atoms with E-state index in [9.17, 15) is 4.79 Å². The van der Waals surface area contributed by atoms with Crippen LogP contribution in [-0.4, -0.2) is 51.8 Å².